The van der Waals surface area contributed by atoms with Crippen LogP contribution in [-0.4, -0.2) is 70.2 Å². The van der Waals surface area contributed by atoms with Gasteiger partial charge >= 0.3 is 12.1 Å². The van der Waals surface area contributed by atoms with Gasteiger partial charge in [0.15, 0.2) is 0 Å². The smallest absolute Gasteiger partial charge is 0.475 e. The Labute approximate surface area is 198 Å². The molecule has 1 spiro atoms. The number of aromatic nitrogens is 2. The predicted octanol–water partition coefficient (Wildman–Crippen LogP) is 3.12. The Balaban J connectivity index is 0.000000320. The molecular weight excluding hydrogens is 463 g/mol. The van der Waals surface area contributed by atoms with Crippen LogP contribution in [0.5, 0.6) is 0 Å². The molecule has 6 rings (SSSR count). The van der Waals surface area contributed by atoms with E-state index in [1.54, 1.807) is 0 Å². The third kappa shape index (κ3) is 4.04. The third-order valence-electron chi connectivity index (χ3n) is 6.96. The molecule has 3 aromatic rings. The number of piperidine rings is 1. The van der Waals surface area contributed by atoms with E-state index in [1.165, 1.54) is 0 Å². The first-order chi connectivity index (χ1) is 16.7. The molecule has 0 unspecified atom stereocenters. The summed E-state index contributed by atoms with van der Waals surface area (Å²) in [6.45, 7) is 3.74. The van der Waals surface area contributed by atoms with Gasteiger partial charge in [0.2, 0.25) is 5.91 Å². The topological polar surface area (TPSA) is 110 Å². The lowest BCUT2D eigenvalue weighted by atomic mass is 9.72. The van der Waals surface area contributed by atoms with Crippen molar-refractivity contribution in [3.63, 3.8) is 0 Å². The maximum atomic E-state index is 13.1. The Kier molecular flexibility index (Phi) is 5.76. The quantitative estimate of drug-likeness (QED) is 0.442. The van der Waals surface area contributed by atoms with Crippen LogP contribution >= 0.6 is 0 Å². The fourth-order valence-corrected chi connectivity index (χ4v) is 5.27. The van der Waals surface area contributed by atoms with Crippen molar-refractivity contribution in [3.8, 4) is 11.1 Å². The Morgan fingerprint density at radius 1 is 1.14 bits per heavy atom. The zero-order chi connectivity index (χ0) is 24.8. The molecule has 35 heavy (non-hydrogen) atoms. The first kappa shape index (κ1) is 23.3. The van der Waals surface area contributed by atoms with Gasteiger partial charge in [0, 0.05) is 41.8 Å². The van der Waals surface area contributed by atoms with Crippen molar-refractivity contribution in [2.45, 2.75) is 30.5 Å². The molecule has 3 aliphatic rings. The summed E-state index contributed by atoms with van der Waals surface area (Å²) in [5.41, 5.74) is 4.68. The number of H-pyrrole nitrogens is 1. The van der Waals surface area contributed by atoms with Crippen molar-refractivity contribution < 1.29 is 27.9 Å². The van der Waals surface area contributed by atoms with Gasteiger partial charge in [-0.25, -0.2) is 9.78 Å². The molecule has 184 valence electrons. The van der Waals surface area contributed by atoms with E-state index < -0.39 is 17.6 Å². The highest BCUT2D eigenvalue weighted by atomic mass is 19.4. The van der Waals surface area contributed by atoms with Crippen LogP contribution in [-0.2, 0) is 15.0 Å². The lowest BCUT2D eigenvalue weighted by molar-refractivity contribution is -0.192. The van der Waals surface area contributed by atoms with Gasteiger partial charge in [0.05, 0.1) is 11.9 Å². The molecule has 8 nitrogen and oxygen atoms in total. The molecule has 0 atom stereocenters. The van der Waals surface area contributed by atoms with Gasteiger partial charge in [-0.05, 0) is 31.5 Å². The molecule has 2 fully saturated rings. The number of carboxylic acid groups (broad SMARTS) is 1. The highest BCUT2D eigenvalue weighted by Crippen LogP contribution is 2.50. The predicted molar refractivity (Wildman–Crippen MR) is 123 cm³/mol. The van der Waals surface area contributed by atoms with Crippen LogP contribution in [0.2, 0.25) is 0 Å². The van der Waals surface area contributed by atoms with Gasteiger partial charge in [0.25, 0.3) is 0 Å². The number of fused-ring (bicyclic) bond motifs is 4. The number of halogens is 3. The number of hydrogen-bond donors (Lipinski definition) is 4. The van der Waals surface area contributed by atoms with Crippen molar-refractivity contribution >= 4 is 28.6 Å². The highest BCUT2D eigenvalue weighted by Gasteiger charge is 2.57. The third-order valence-corrected chi connectivity index (χ3v) is 6.96. The monoisotopic (exact) mass is 487 g/mol. The van der Waals surface area contributed by atoms with Crippen LogP contribution in [0.15, 0.2) is 42.7 Å². The Morgan fingerprint density at radius 2 is 1.80 bits per heavy atom. The van der Waals surface area contributed by atoms with Crippen molar-refractivity contribution in [2.24, 2.45) is 0 Å². The summed E-state index contributed by atoms with van der Waals surface area (Å²) >= 11 is 0. The first-order valence-corrected chi connectivity index (χ1v) is 11.3. The molecule has 1 amide bonds. The zero-order valence-corrected chi connectivity index (χ0v) is 18.7. The highest BCUT2D eigenvalue weighted by molar-refractivity contribution is 6.14. The number of nitrogens with zero attached hydrogens (tertiary/aromatic N) is 2. The molecule has 1 aromatic carbocycles. The minimum atomic E-state index is -5.08. The van der Waals surface area contributed by atoms with Crippen LogP contribution in [0.25, 0.3) is 22.2 Å². The average molecular weight is 487 g/mol. The van der Waals surface area contributed by atoms with Crippen LogP contribution in [0, 0.1) is 0 Å². The van der Waals surface area contributed by atoms with E-state index in [4.69, 9.17) is 9.90 Å². The van der Waals surface area contributed by atoms with Gasteiger partial charge < -0.3 is 20.7 Å². The lowest BCUT2D eigenvalue weighted by Crippen LogP contribution is -2.66. The van der Waals surface area contributed by atoms with Gasteiger partial charge in [-0.15, -0.1) is 0 Å². The van der Waals surface area contributed by atoms with Gasteiger partial charge in [-0.3, -0.25) is 9.69 Å². The second-order valence-corrected chi connectivity index (χ2v) is 9.06. The number of anilines is 1. The standard InChI is InChI=1S/C22H23N5O.C2HF3O2/c28-21-22(12-27(13-22)15-6-8-23-9-7-15)19-17(26-21)11-25-20-18(19)16(10-24-20)14-4-2-1-3-5-14;3-2(4,5)1(6)7/h1-5,10-11,15,23H,6-9,12-13H2,(H,24,25)(H,26,28);(H,6,7). The van der Waals surface area contributed by atoms with Crippen LogP contribution in [0.4, 0.5) is 18.9 Å². The number of aromatic amines is 1. The summed E-state index contributed by atoms with van der Waals surface area (Å²) in [7, 11) is 0. The lowest BCUT2D eigenvalue weighted by Gasteiger charge is -2.51. The Hall–Kier alpha value is -3.44. The summed E-state index contributed by atoms with van der Waals surface area (Å²) < 4.78 is 31.7. The Bertz CT molecular complexity index is 1260. The second-order valence-electron chi connectivity index (χ2n) is 9.06. The molecule has 0 bridgehead atoms. The Morgan fingerprint density at radius 3 is 2.43 bits per heavy atom. The van der Waals surface area contributed by atoms with Crippen molar-refractivity contribution in [3.05, 3.63) is 48.3 Å². The minimum Gasteiger partial charge on any atom is -0.475 e. The summed E-state index contributed by atoms with van der Waals surface area (Å²) in [5.74, 6) is -2.63. The van der Waals surface area contributed by atoms with Crippen LogP contribution in [0.1, 0.15) is 18.4 Å². The maximum absolute atomic E-state index is 13.1. The van der Waals surface area contributed by atoms with E-state index in [9.17, 15) is 18.0 Å². The van der Waals surface area contributed by atoms with E-state index in [0.29, 0.717) is 6.04 Å². The van der Waals surface area contributed by atoms with E-state index in [1.807, 2.05) is 30.6 Å². The SMILES string of the molecule is O=C(O)C(F)(F)F.O=C1Nc2cnc3[nH]cc(-c4ccccc4)c3c2C12CN(C1CCNCC1)C2. The number of amides is 1. The number of carboxylic acids is 1. The number of carbonyl (C=O) groups excluding carboxylic acids is 1. The average Bonchev–Trinajstić information content (AvgIpc) is 3.37. The van der Waals surface area contributed by atoms with Crippen LogP contribution < -0.4 is 10.6 Å². The number of aliphatic carboxylic acids is 1. The molecule has 2 aromatic heterocycles. The van der Waals surface area contributed by atoms with E-state index >= 15 is 0 Å². The summed E-state index contributed by atoms with van der Waals surface area (Å²) in [6.07, 6.45) is 1.07. The molecule has 0 saturated carbocycles. The minimum absolute atomic E-state index is 0.127. The number of carbonyl (C=O) groups is 2. The molecule has 5 heterocycles. The number of alkyl halides is 3. The second kappa shape index (κ2) is 8.65. The maximum Gasteiger partial charge on any atom is 0.490 e. The number of benzene rings is 1. The number of hydrogen-bond acceptors (Lipinski definition) is 5. The summed E-state index contributed by atoms with van der Waals surface area (Å²) in [4.78, 5) is 32.4. The summed E-state index contributed by atoms with van der Waals surface area (Å²) in [6, 6.07) is 10.9. The molecule has 11 heteroatoms. The molecule has 4 N–H and O–H groups in total. The largest absolute Gasteiger partial charge is 0.490 e. The van der Waals surface area contributed by atoms with Crippen LogP contribution in [0.3, 0.4) is 0 Å². The van der Waals surface area contributed by atoms with Gasteiger partial charge in [0.1, 0.15) is 11.1 Å². The van der Waals surface area contributed by atoms with E-state index in [2.05, 4.69) is 37.6 Å². The fourth-order valence-electron chi connectivity index (χ4n) is 5.27. The zero-order valence-electron chi connectivity index (χ0n) is 18.7. The molecule has 2 saturated heterocycles. The van der Waals surface area contributed by atoms with E-state index in [-0.39, 0.29) is 5.91 Å². The van der Waals surface area contributed by atoms with Crippen molar-refractivity contribution in [1.29, 1.82) is 0 Å². The molecular formula is C24H24F3N5O3. The first-order valence-electron chi connectivity index (χ1n) is 11.3. The van der Waals surface area contributed by atoms with Crippen molar-refractivity contribution in [1.82, 2.24) is 20.2 Å². The molecule has 0 radical (unpaired) electrons. The van der Waals surface area contributed by atoms with Gasteiger partial charge in [-0.1, -0.05) is 30.3 Å². The number of likely N-dealkylation sites (tertiary alicyclic amines) is 1. The molecule has 0 aliphatic carbocycles. The fraction of sp³-hybridized carbons (Fsp3) is 0.375. The normalized spacial score (nSPS) is 19.6. The number of pyridine rings is 1. The van der Waals surface area contributed by atoms with Gasteiger partial charge in [-0.2, -0.15) is 13.2 Å². The molecule has 3 aliphatic heterocycles. The number of nitrogens with one attached hydrogen (secondary N) is 3. The van der Waals surface area contributed by atoms with E-state index in [0.717, 1.165) is 72.4 Å². The van der Waals surface area contributed by atoms with Crippen molar-refractivity contribution in [2.75, 3.05) is 31.5 Å². The summed E-state index contributed by atoms with van der Waals surface area (Å²) in [5, 5.41) is 14.8. The number of rotatable bonds is 2.